The van der Waals surface area contributed by atoms with Crippen LogP contribution in [0.15, 0.2) is 48.5 Å². The summed E-state index contributed by atoms with van der Waals surface area (Å²) in [6, 6.07) is 13.3. The maximum atomic E-state index is 12.6. The number of hydrogen-bond donors (Lipinski definition) is 3. The van der Waals surface area contributed by atoms with E-state index in [2.05, 4.69) is 10.7 Å². The molecule has 0 bridgehead atoms. The summed E-state index contributed by atoms with van der Waals surface area (Å²) in [6.45, 7) is 0. The highest BCUT2D eigenvalue weighted by atomic mass is 16.5. The number of rotatable bonds is 7. The lowest BCUT2D eigenvalue weighted by Gasteiger charge is -2.18. The maximum absolute atomic E-state index is 12.6. The predicted molar refractivity (Wildman–Crippen MR) is 93.3 cm³/mol. The normalized spacial score (nSPS) is 11.3. The molecule has 0 heterocycles. The Kier molecular flexibility index (Phi) is 6.36. The number of carbonyl (C=O) groups is 2. The average molecular weight is 343 g/mol. The van der Waals surface area contributed by atoms with Gasteiger partial charge in [-0.05, 0) is 17.7 Å². The van der Waals surface area contributed by atoms with Crippen molar-refractivity contribution in [3.05, 3.63) is 59.7 Å². The number of hydrogen-bond acceptors (Lipinski definition) is 5. The van der Waals surface area contributed by atoms with Crippen LogP contribution in [-0.2, 0) is 11.2 Å². The van der Waals surface area contributed by atoms with Crippen molar-refractivity contribution in [2.75, 3.05) is 14.2 Å². The van der Waals surface area contributed by atoms with E-state index in [1.165, 1.54) is 14.2 Å². The van der Waals surface area contributed by atoms with Gasteiger partial charge in [0.05, 0.1) is 14.2 Å². The first kappa shape index (κ1) is 18.3. The average Bonchev–Trinajstić information content (AvgIpc) is 2.66. The fourth-order valence-electron chi connectivity index (χ4n) is 2.34. The SMILES string of the molecule is COc1cc(OC)cc(C(=O)N[C@@H](Cc2ccccc2)C(=O)NN)c1. The third-order valence-corrected chi connectivity index (χ3v) is 3.66. The quantitative estimate of drug-likeness (QED) is 0.396. The van der Waals surface area contributed by atoms with E-state index in [0.717, 1.165) is 5.56 Å². The third-order valence-electron chi connectivity index (χ3n) is 3.66. The van der Waals surface area contributed by atoms with Crippen molar-refractivity contribution in [2.24, 2.45) is 5.84 Å². The summed E-state index contributed by atoms with van der Waals surface area (Å²) in [5.74, 6) is 5.29. The first-order chi connectivity index (χ1) is 12.1. The molecule has 2 aromatic rings. The van der Waals surface area contributed by atoms with Crippen LogP contribution >= 0.6 is 0 Å². The van der Waals surface area contributed by atoms with Gasteiger partial charge in [0, 0.05) is 18.1 Å². The second-order valence-corrected chi connectivity index (χ2v) is 5.33. The predicted octanol–water partition coefficient (Wildman–Crippen LogP) is 1.03. The number of ether oxygens (including phenoxy) is 2. The number of hydrazine groups is 1. The molecule has 0 radical (unpaired) electrons. The van der Waals surface area contributed by atoms with Crippen LogP contribution < -0.4 is 26.1 Å². The van der Waals surface area contributed by atoms with Crippen LogP contribution in [0.1, 0.15) is 15.9 Å². The molecule has 0 aromatic heterocycles. The highest BCUT2D eigenvalue weighted by Gasteiger charge is 2.22. The summed E-state index contributed by atoms with van der Waals surface area (Å²) < 4.78 is 10.3. The third kappa shape index (κ3) is 4.95. The highest BCUT2D eigenvalue weighted by molar-refractivity contribution is 5.98. The summed E-state index contributed by atoms with van der Waals surface area (Å²) in [6.07, 6.45) is 0.316. The minimum atomic E-state index is -0.808. The van der Waals surface area contributed by atoms with Gasteiger partial charge in [-0.2, -0.15) is 0 Å². The van der Waals surface area contributed by atoms with E-state index in [1.807, 2.05) is 30.3 Å². The lowest BCUT2D eigenvalue weighted by atomic mass is 10.0. The number of carbonyl (C=O) groups excluding carboxylic acids is 2. The molecule has 0 aliphatic heterocycles. The van der Waals surface area contributed by atoms with Crippen LogP contribution in [0.25, 0.3) is 0 Å². The highest BCUT2D eigenvalue weighted by Crippen LogP contribution is 2.22. The van der Waals surface area contributed by atoms with E-state index >= 15 is 0 Å². The molecule has 4 N–H and O–H groups in total. The Labute approximate surface area is 146 Å². The van der Waals surface area contributed by atoms with Crippen LogP contribution in [0.5, 0.6) is 11.5 Å². The molecule has 2 rings (SSSR count). The molecule has 2 aromatic carbocycles. The minimum Gasteiger partial charge on any atom is -0.497 e. The van der Waals surface area contributed by atoms with Crippen molar-refractivity contribution in [3.63, 3.8) is 0 Å². The molecule has 132 valence electrons. The summed E-state index contributed by atoms with van der Waals surface area (Å²) >= 11 is 0. The van der Waals surface area contributed by atoms with Crippen molar-refractivity contribution in [1.29, 1.82) is 0 Å². The monoisotopic (exact) mass is 343 g/mol. The van der Waals surface area contributed by atoms with Crippen molar-refractivity contribution >= 4 is 11.8 Å². The van der Waals surface area contributed by atoms with Gasteiger partial charge in [-0.15, -0.1) is 0 Å². The smallest absolute Gasteiger partial charge is 0.256 e. The van der Waals surface area contributed by atoms with Gasteiger partial charge in [0.1, 0.15) is 17.5 Å². The molecule has 7 nitrogen and oxygen atoms in total. The molecule has 0 saturated heterocycles. The molecule has 0 fully saturated rings. The standard InChI is InChI=1S/C18H21N3O4/c1-24-14-9-13(10-15(11-14)25-2)17(22)20-16(18(23)21-19)8-12-6-4-3-5-7-12/h3-7,9-11,16H,8,19H2,1-2H3,(H,20,22)(H,21,23)/t16-/m0/s1. The molecular weight excluding hydrogens is 322 g/mol. The molecule has 25 heavy (non-hydrogen) atoms. The topological polar surface area (TPSA) is 103 Å². The van der Waals surface area contributed by atoms with E-state index in [0.29, 0.717) is 23.5 Å². The number of nitrogens with one attached hydrogen (secondary N) is 2. The first-order valence-corrected chi connectivity index (χ1v) is 7.65. The summed E-state index contributed by atoms with van der Waals surface area (Å²) in [7, 11) is 2.99. The van der Waals surface area contributed by atoms with Crippen molar-refractivity contribution < 1.29 is 19.1 Å². The molecule has 0 aliphatic rings. The van der Waals surface area contributed by atoms with E-state index in [4.69, 9.17) is 15.3 Å². The molecular formula is C18H21N3O4. The fraction of sp³-hybridized carbons (Fsp3) is 0.222. The largest absolute Gasteiger partial charge is 0.497 e. The van der Waals surface area contributed by atoms with Crippen molar-refractivity contribution in [2.45, 2.75) is 12.5 Å². The van der Waals surface area contributed by atoms with E-state index < -0.39 is 17.9 Å². The number of benzene rings is 2. The Morgan fingerprint density at radius 1 is 1.04 bits per heavy atom. The zero-order valence-electron chi connectivity index (χ0n) is 14.1. The van der Waals surface area contributed by atoms with Gasteiger partial charge in [0.25, 0.3) is 11.8 Å². The molecule has 0 unspecified atom stereocenters. The number of nitrogens with two attached hydrogens (primary N) is 1. The van der Waals surface area contributed by atoms with E-state index in [1.54, 1.807) is 18.2 Å². The molecule has 2 amide bonds. The lowest BCUT2D eigenvalue weighted by Crippen LogP contribution is -2.50. The summed E-state index contributed by atoms with van der Waals surface area (Å²) in [4.78, 5) is 24.6. The molecule has 1 atom stereocenters. The lowest BCUT2D eigenvalue weighted by molar-refractivity contribution is -0.123. The molecule has 0 spiro atoms. The van der Waals surface area contributed by atoms with Gasteiger partial charge in [-0.1, -0.05) is 30.3 Å². The zero-order valence-corrected chi connectivity index (χ0v) is 14.1. The zero-order chi connectivity index (χ0) is 18.2. The van der Waals surface area contributed by atoms with E-state index in [9.17, 15) is 9.59 Å². The second kappa shape index (κ2) is 8.70. The van der Waals surface area contributed by atoms with Gasteiger partial charge in [-0.3, -0.25) is 15.0 Å². The number of amides is 2. The molecule has 7 heteroatoms. The van der Waals surface area contributed by atoms with Crippen LogP contribution in [-0.4, -0.2) is 32.1 Å². The maximum Gasteiger partial charge on any atom is 0.256 e. The van der Waals surface area contributed by atoms with Crippen LogP contribution in [0, 0.1) is 0 Å². The van der Waals surface area contributed by atoms with Crippen molar-refractivity contribution in [3.8, 4) is 11.5 Å². The summed E-state index contributed by atoms with van der Waals surface area (Å²) in [5.41, 5.74) is 3.31. The minimum absolute atomic E-state index is 0.316. The second-order valence-electron chi connectivity index (χ2n) is 5.33. The molecule has 0 saturated carbocycles. The molecule has 0 aliphatic carbocycles. The van der Waals surface area contributed by atoms with Gasteiger partial charge < -0.3 is 14.8 Å². The van der Waals surface area contributed by atoms with Crippen LogP contribution in [0.2, 0.25) is 0 Å². The Bertz CT molecular complexity index is 712. The van der Waals surface area contributed by atoms with Gasteiger partial charge >= 0.3 is 0 Å². The summed E-state index contributed by atoms with van der Waals surface area (Å²) in [5, 5.41) is 2.69. The van der Waals surface area contributed by atoms with E-state index in [-0.39, 0.29) is 0 Å². The fourth-order valence-corrected chi connectivity index (χ4v) is 2.34. The Balaban J connectivity index is 2.20. The van der Waals surface area contributed by atoms with Gasteiger partial charge in [0.2, 0.25) is 0 Å². The van der Waals surface area contributed by atoms with Crippen molar-refractivity contribution in [1.82, 2.24) is 10.7 Å². The Hall–Kier alpha value is -3.06. The first-order valence-electron chi connectivity index (χ1n) is 7.65. The van der Waals surface area contributed by atoms with Gasteiger partial charge in [-0.25, -0.2) is 5.84 Å². The Morgan fingerprint density at radius 3 is 2.16 bits per heavy atom. The van der Waals surface area contributed by atoms with Gasteiger partial charge in [0.15, 0.2) is 0 Å². The Morgan fingerprint density at radius 2 is 1.64 bits per heavy atom. The number of methoxy groups -OCH3 is 2. The van der Waals surface area contributed by atoms with Crippen LogP contribution in [0.3, 0.4) is 0 Å². The van der Waals surface area contributed by atoms with Crippen LogP contribution in [0.4, 0.5) is 0 Å².